The lowest BCUT2D eigenvalue weighted by molar-refractivity contribution is 0.768. The molecule has 0 unspecified atom stereocenters. The summed E-state index contributed by atoms with van der Waals surface area (Å²) in [6.45, 7) is 2.06. The topological polar surface area (TPSA) is 89.9 Å². The molecule has 3 aromatic rings. The van der Waals surface area contributed by atoms with E-state index in [1.54, 1.807) is 31.4 Å². The zero-order chi connectivity index (χ0) is 17.1. The monoisotopic (exact) mass is 322 g/mol. The Labute approximate surface area is 139 Å². The summed E-state index contributed by atoms with van der Waals surface area (Å²) in [5.74, 6) is 7.14. The summed E-state index contributed by atoms with van der Waals surface area (Å²) in [5, 5.41) is 1.21. The standard InChI is InChI=1S/C17H18N6O/c1-3-12-8-4-5-9-13(12)15-20-16(21-17(24)22(15)2)23(18)14-10-6-7-11-19-14/h4-11H,3,18H2,1-2H3. The molecule has 24 heavy (non-hydrogen) atoms. The first kappa shape index (κ1) is 15.8. The molecule has 0 aliphatic heterocycles. The van der Waals surface area contributed by atoms with Crippen molar-refractivity contribution in [2.24, 2.45) is 12.9 Å². The number of hydrazine groups is 1. The maximum atomic E-state index is 12.3. The highest BCUT2D eigenvalue weighted by atomic mass is 16.1. The Morgan fingerprint density at radius 2 is 1.88 bits per heavy atom. The van der Waals surface area contributed by atoms with E-state index in [2.05, 4.69) is 21.9 Å². The number of benzene rings is 1. The van der Waals surface area contributed by atoms with Gasteiger partial charge in [-0.25, -0.2) is 20.6 Å². The second-order valence-electron chi connectivity index (χ2n) is 5.26. The molecular weight excluding hydrogens is 304 g/mol. The number of anilines is 2. The number of nitrogens with two attached hydrogens (primary N) is 1. The zero-order valence-corrected chi connectivity index (χ0v) is 13.5. The minimum absolute atomic E-state index is 0.109. The molecule has 0 amide bonds. The van der Waals surface area contributed by atoms with E-state index in [4.69, 9.17) is 5.84 Å². The van der Waals surface area contributed by atoms with Gasteiger partial charge in [-0.3, -0.25) is 4.57 Å². The lowest BCUT2D eigenvalue weighted by Crippen LogP contribution is -2.33. The van der Waals surface area contributed by atoms with Gasteiger partial charge in [0.15, 0.2) is 0 Å². The van der Waals surface area contributed by atoms with Crippen LogP contribution in [0, 0.1) is 0 Å². The van der Waals surface area contributed by atoms with Crippen molar-refractivity contribution in [2.75, 3.05) is 5.01 Å². The van der Waals surface area contributed by atoms with Gasteiger partial charge in [-0.05, 0) is 24.1 Å². The third kappa shape index (κ3) is 2.89. The van der Waals surface area contributed by atoms with Crippen molar-refractivity contribution in [2.45, 2.75) is 13.3 Å². The molecule has 0 saturated carbocycles. The number of rotatable bonds is 4. The first-order valence-electron chi connectivity index (χ1n) is 7.61. The van der Waals surface area contributed by atoms with Crippen molar-refractivity contribution in [1.82, 2.24) is 19.5 Å². The largest absolute Gasteiger partial charge is 0.352 e. The molecule has 1 aromatic carbocycles. The van der Waals surface area contributed by atoms with Crippen molar-refractivity contribution in [3.8, 4) is 11.4 Å². The number of nitrogens with zero attached hydrogens (tertiary/aromatic N) is 5. The summed E-state index contributed by atoms with van der Waals surface area (Å²) in [6, 6.07) is 13.1. The maximum absolute atomic E-state index is 12.3. The fraction of sp³-hybridized carbons (Fsp3) is 0.176. The fourth-order valence-corrected chi connectivity index (χ4v) is 2.44. The van der Waals surface area contributed by atoms with Crippen LogP contribution in [-0.2, 0) is 13.5 Å². The van der Waals surface area contributed by atoms with Crippen LogP contribution in [0.3, 0.4) is 0 Å². The zero-order valence-electron chi connectivity index (χ0n) is 13.5. The molecule has 0 radical (unpaired) electrons. The van der Waals surface area contributed by atoms with Crippen LogP contribution in [0.2, 0.25) is 0 Å². The highest BCUT2D eigenvalue weighted by Gasteiger charge is 2.16. The predicted octanol–water partition coefficient (Wildman–Crippen LogP) is 1.81. The molecule has 122 valence electrons. The molecule has 2 N–H and O–H groups in total. The van der Waals surface area contributed by atoms with E-state index >= 15 is 0 Å². The van der Waals surface area contributed by atoms with Gasteiger partial charge in [0, 0.05) is 18.8 Å². The van der Waals surface area contributed by atoms with Gasteiger partial charge in [0.1, 0.15) is 11.6 Å². The fourth-order valence-electron chi connectivity index (χ4n) is 2.44. The summed E-state index contributed by atoms with van der Waals surface area (Å²) in [4.78, 5) is 24.9. The Bertz CT molecular complexity index is 906. The molecular formula is C17H18N6O. The molecule has 0 bridgehead atoms. The first-order chi connectivity index (χ1) is 11.6. The van der Waals surface area contributed by atoms with Gasteiger partial charge in [-0.1, -0.05) is 37.3 Å². The molecule has 7 nitrogen and oxygen atoms in total. The van der Waals surface area contributed by atoms with Crippen molar-refractivity contribution in [1.29, 1.82) is 0 Å². The highest BCUT2D eigenvalue weighted by molar-refractivity contribution is 5.62. The molecule has 0 fully saturated rings. The Balaban J connectivity index is 2.15. The van der Waals surface area contributed by atoms with Gasteiger partial charge in [0.2, 0.25) is 0 Å². The Morgan fingerprint density at radius 3 is 2.58 bits per heavy atom. The van der Waals surface area contributed by atoms with Crippen LogP contribution < -0.4 is 16.5 Å². The number of aromatic nitrogens is 4. The molecule has 0 saturated heterocycles. The lowest BCUT2D eigenvalue weighted by atomic mass is 10.0. The Hall–Kier alpha value is -3.06. The van der Waals surface area contributed by atoms with E-state index in [0.717, 1.165) is 17.5 Å². The number of hydrogen-bond acceptors (Lipinski definition) is 6. The second kappa shape index (κ2) is 6.59. The van der Waals surface area contributed by atoms with E-state index in [1.807, 2.05) is 24.3 Å². The van der Waals surface area contributed by atoms with Crippen molar-refractivity contribution in [3.63, 3.8) is 0 Å². The van der Waals surface area contributed by atoms with Crippen LogP contribution in [0.15, 0.2) is 53.5 Å². The second-order valence-corrected chi connectivity index (χ2v) is 5.26. The first-order valence-corrected chi connectivity index (χ1v) is 7.61. The Morgan fingerprint density at radius 1 is 1.12 bits per heavy atom. The summed E-state index contributed by atoms with van der Waals surface area (Å²) in [5.41, 5.74) is 1.56. The minimum Gasteiger partial charge on any atom is -0.279 e. The summed E-state index contributed by atoms with van der Waals surface area (Å²) < 4.78 is 1.42. The number of hydrogen-bond donors (Lipinski definition) is 1. The van der Waals surface area contributed by atoms with E-state index in [-0.39, 0.29) is 5.95 Å². The summed E-state index contributed by atoms with van der Waals surface area (Å²) in [6.07, 6.45) is 2.44. The Kier molecular flexibility index (Phi) is 4.35. The predicted molar refractivity (Wildman–Crippen MR) is 92.7 cm³/mol. The quantitative estimate of drug-likeness (QED) is 0.582. The molecule has 0 atom stereocenters. The van der Waals surface area contributed by atoms with Crippen LogP contribution in [0.25, 0.3) is 11.4 Å². The third-order valence-corrected chi connectivity index (χ3v) is 3.76. The van der Waals surface area contributed by atoms with Crippen LogP contribution in [-0.4, -0.2) is 19.5 Å². The van der Waals surface area contributed by atoms with E-state index in [0.29, 0.717) is 11.6 Å². The smallest absolute Gasteiger partial charge is 0.279 e. The minimum atomic E-state index is -0.424. The molecule has 0 aliphatic carbocycles. The average molecular weight is 322 g/mol. The van der Waals surface area contributed by atoms with Gasteiger partial charge in [-0.15, -0.1) is 0 Å². The van der Waals surface area contributed by atoms with Gasteiger partial charge in [-0.2, -0.15) is 9.97 Å². The molecule has 0 spiro atoms. The van der Waals surface area contributed by atoms with Crippen LogP contribution in [0.4, 0.5) is 11.8 Å². The summed E-state index contributed by atoms with van der Waals surface area (Å²) >= 11 is 0. The lowest BCUT2D eigenvalue weighted by Gasteiger charge is -2.17. The van der Waals surface area contributed by atoms with Gasteiger partial charge < -0.3 is 0 Å². The normalized spacial score (nSPS) is 10.6. The average Bonchev–Trinajstić information content (AvgIpc) is 2.64. The van der Waals surface area contributed by atoms with Gasteiger partial charge >= 0.3 is 5.69 Å². The highest BCUT2D eigenvalue weighted by Crippen LogP contribution is 2.23. The molecule has 2 aromatic heterocycles. The molecule has 2 heterocycles. The third-order valence-electron chi connectivity index (χ3n) is 3.76. The molecule has 3 rings (SSSR count). The van der Waals surface area contributed by atoms with Crippen molar-refractivity contribution in [3.05, 3.63) is 64.7 Å². The van der Waals surface area contributed by atoms with E-state index in [1.165, 1.54) is 9.58 Å². The number of aryl methyl sites for hydroxylation is 1. The van der Waals surface area contributed by atoms with Gasteiger partial charge in [0.25, 0.3) is 5.95 Å². The van der Waals surface area contributed by atoms with E-state index in [9.17, 15) is 4.79 Å². The maximum Gasteiger partial charge on any atom is 0.352 e. The molecule has 0 aliphatic rings. The van der Waals surface area contributed by atoms with Crippen molar-refractivity contribution >= 4 is 11.8 Å². The van der Waals surface area contributed by atoms with Gasteiger partial charge in [0.05, 0.1) is 0 Å². The van der Waals surface area contributed by atoms with E-state index < -0.39 is 5.69 Å². The van der Waals surface area contributed by atoms with Crippen molar-refractivity contribution < 1.29 is 0 Å². The summed E-state index contributed by atoms with van der Waals surface area (Å²) in [7, 11) is 1.65. The molecule has 7 heteroatoms. The SMILES string of the molecule is CCc1ccccc1-c1nc(N(N)c2ccccn2)nc(=O)n1C. The van der Waals surface area contributed by atoms with Crippen LogP contribution in [0.1, 0.15) is 12.5 Å². The van der Waals surface area contributed by atoms with Crippen LogP contribution >= 0.6 is 0 Å². The number of pyridine rings is 1. The van der Waals surface area contributed by atoms with Crippen LogP contribution in [0.5, 0.6) is 0 Å².